The molecule has 3 aromatic carbocycles. The average molecular weight is 721 g/mol. The Labute approximate surface area is 269 Å². The molecule has 44 heavy (non-hydrogen) atoms. The van der Waals surface area contributed by atoms with E-state index < -0.39 is 0 Å². The van der Waals surface area contributed by atoms with Gasteiger partial charge in [-0.05, 0) is 88.5 Å². The molecule has 15 nitrogen and oxygen atoms in total. The number of hydrogen-bond donors (Lipinski definition) is 2. The lowest BCUT2D eigenvalue weighted by atomic mass is 10.1. The first kappa shape index (κ1) is 32.2. The van der Waals surface area contributed by atoms with Crippen LogP contribution in [0.1, 0.15) is 33.4 Å². The second-order valence-corrected chi connectivity index (χ2v) is 11.0. The Balaban J connectivity index is 0.000000151. The second kappa shape index (κ2) is 15.1. The van der Waals surface area contributed by atoms with E-state index in [9.17, 15) is 0 Å². The first-order valence-corrected chi connectivity index (χ1v) is 14.5. The molecule has 0 amide bonds. The van der Waals surface area contributed by atoms with Gasteiger partial charge in [0.15, 0.2) is 19.0 Å². The van der Waals surface area contributed by atoms with Gasteiger partial charge in [0, 0.05) is 22.0 Å². The molecule has 0 bridgehead atoms. The van der Waals surface area contributed by atoms with Gasteiger partial charge < -0.3 is 11.5 Å². The van der Waals surface area contributed by atoms with Gasteiger partial charge in [-0.15, -0.1) is 45.0 Å². The van der Waals surface area contributed by atoms with Crippen LogP contribution in [0, 0.1) is 32.1 Å². The summed E-state index contributed by atoms with van der Waals surface area (Å²) in [6, 6.07) is 15.6. The number of aromatic nitrogens is 12. The van der Waals surface area contributed by atoms with Crippen molar-refractivity contribution in [2.45, 2.75) is 33.9 Å². The zero-order chi connectivity index (χ0) is 31.6. The van der Waals surface area contributed by atoms with Crippen molar-refractivity contribution in [2.75, 3.05) is 0 Å². The van der Waals surface area contributed by atoms with Gasteiger partial charge in [-0.25, -0.2) is 0 Å². The lowest BCUT2D eigenvalue weighted by Crippen LogP contribution is -2.09. The van der Waals surface area contributed by atoms with Crippen molar-refractivity contribution in [1.29, 1.82) is 5.26 Å². The SMILES string of the molecule is Cc1cc(Br)cc(C#N)c1-n1ncnn1.Cc1cc(Br)cc(CN)c1-n1ncnn1.Cc1cccc(CN)c1-n1ncnn1. The van der Waals surface area contributed by atoms with Crippen molar-refractivity contribution < 1.29 is 0 Å². The first-order valence-electron chi connectivity index (χ1n) is 12.9. The molecule has 0 unspecified atom stereocenters. The maximum Gasteiger partial charge on any atom is 0.162 e. The Hall–Kier alpha value is -4.76. The minimum Gasteiger partial charge on any atom is -0.326 e. The average Bonchev–Trinajstić information content (AvgIpc) is 3.81. The van der Waals surface area contributed by atoms with Crippen LogP contribution in [0.5, 0.6) is 0 Å². The van der Waals surface area contributed by atoms with Crippen molar-refractivity contribution >= 4 is 31.9 Å². The standard InChI is InChI=1S/C9H10BrN5.C9H6BrN5.C9H11N5/c2*1-6-2-8(10)3-7(4-11)9(6)15-13-5-12-14-15;1-7-3-2-4-8(5-10)9(7)14-12-6-11-13-14/h2-3,5H,4,11H2,1H3;2-3,5H,1H3;2-4,6H,5,10H2,1H3. The topological polar surface area (TPSA) is 207 Å². The Morgan fingerprint density at radius 2 is 1.14 bits per heavy atom. The zero-order valence-electron chi connectivity index (χ0n) is 23.9. The normalized spacial score (nSPS) is 10.3. The number of benzene rings is 3. The highest BCUT2D eigenvalue weighted by molar-refractivity contribution is 9.10. The molecule has 0 fully saturated rings. The number of rotatable bonds is 5. The summed E-state index contributed by atoms with van der Waals surface area (Å²) in [5, 5.41) is 43.4. The van der Waals surface area contributed by atoms with Crippen LogP contribution < -0.4 is 11.5 Å². The van der Waals surface area contributed by atoms with Crippen LogP contribution in [0.25, 0.3) is 17.1 Å². The molecule has 0 saturated heterocycles. The fraction of sp³-hybridized carbons (Fsp3) is 0.185. The van der Waals surface area contributed by atoms with E-state index in [1.165, 1.54) is 33.4 Å². The number of nitrogens with two attached hydrogens (primary N) is 2. The molecule has 0 aliphatic carbocycles. The molecule has 3 heterocycles. The van der Waals surface area contributed by atoms with Crippen molar-refractivity contribution in [3.05, 3.63) is 104 Å². The third-order valence-corrected chi connectivity index (χ3v) is 7.05. The molecule has 0 aliphatic heterocycles. The summed E-state index contributed by atoms with van der Waals surface area (Å²) in [5.74, 6) is 0. The van der Waals surface area contributed by atoms with E-state index in [2.05, 4.69) is 84.2 Å². The fourth-order valence-corrected chi connectivity index (χ4v) is 5.50. The summed E-state index contributed by atoms with van der Waals surface area (Å²) >= 11 is 6.76. The van der Waals surface area contributed by atoms with Crippen LogP contribution in [0.15, 0.2) is 70.4 Å². The Kier molecular flexibility index (Phi) is 11.0. The van der Waals surface area contributed by atoms with E-state index in [4.69, 9.17) is 16.7 Å². The third kappa shape index (κ3) is 7.60. The van der Waals surface area contributed by atoms with E-state index in [-0.39, 0.29) is 0 Å². The summed E-state index contributed by atoms with van der Waals surface area (Å²) in [7, 11) is 0. The van der Waals surface area contributed by atoms with E-state index >= 15 is 0 Å². The van der Waals surface area contributed by atoms with Gasteiger partial charge in [-0.1, -0.05) is 50.1 Å². The number of aryl methyl sites for hydroxylation is 3. The molecule has 3 aromatic heterocycles. The lowest BCUT2D eigenvalue weighted by molar-refractivity contribution is 0.706. The maximum absolute atomic E-state index is 9.01. The van der Waals surface area contributed by atoms with Crippen LogP contribution >= 0.6 is 31.9 Å². The number of tetrazole rings is 3. The van der Waals surface area contributed by atoms with Crippen LogP contribution in [-0.4, -0.2) is 60.6 Å². The summed E-state index contributed by atoms with van der Waals surface area (Å²) in [6.45, 7) is 6.79. The van der Waals surface area contributed by atoms with Gasteiger partial charge in [0.2, 0.25) is 0 Å². The molecule has 0 saturated carbocycles. The molecule has 0 aliphatic rings. The minimum atomic E-state index is 0.442. The molecule has 0 radical (unpaired) electrons. The number of halogens is 2. The highest BCUT2D eigenvalue weighted by atomic mass is 79.9. The zero-order valence-corrected chi connectivity index (χ0v) is 27.1. The van der Waals surface area contributed by atoms with Gasteiger partial charge in [0.05, 0.1) is 16.9 Å². The second-order valence-electron chi connectivity index (χ2n) is 9.13. The largest absolute Gasteiger partial charge is 0.326 e. The fourth-order valence-electron chi connectivity index (χ4n) is 4.31. The van der Waals surface area contributed by atoms with Gasteiger partial charge in [-0.2, -0.15) is 5.26 Å². The molecule has 17 heteroatoms. The molecule has 0 spiro atoms. The Morgan fingerprint density at radius 1 is 0.659 bits per heavy atom. The summed E-state index contributed by atoms with van der Waals surface area (Å²) in [6.07, 6.45) is 4.15. The molecule has 6 rings (SSSR count). The van der Waals surface area contributed by atoms with E-state index in [0.29, 0.717) is 24.3 Å². The summed E-state index contributed by atoms with van der Waals surface area (Å²) in [5.41, 5.74) is 19.4. The van der Waals surface area contributed by atoms with E-state index in [1.807, 2.05) is 57.2 Å². The molecule has 224 valence electrons. The monoisotopic (exact) mass is 719 g/mol. The molecule has 4 N–H and O–H groups in total. The van der Waals surface area contributed by atoms with Crippen molar-refractivity contribution in [1.82, 2.24) is 60.6 Å². The summed E-state index contributed by atoms with van der Waals surface area (Å²) < 4.78 is 1.87. The Morgan fingerprint density at radius 3 is 1.61 bits per heavy atom. The molecular weight excluding hydrogens is 694 g/mol. The van der Waals surface area contributed by atoms with Gasteiger partial charge >= 0.3 is 0 Å². The smallest absolute Gasteiger partial charge is 0.162 e. The van der Waals surface area contributed by atoms with Crippen LogP contribution in [-0.2, 0) is 13.1 Å². The number of nitriles is 1. The highest BCUT2D eigenvalue weighted by Crippen LogP contribution is 2.24. The summed E-state index contributed by atoms with van der Waals surface area (Å²) in [4.78, 5) is 4.34. The van der Waals surface area contributed by atoms with Crippen LogP contribution in [0.4, 0.5) is 0 Å². The third-order valence-electron chi connectivity index (χ3n) is 6.14. The van der Waals surface area contributed by atoms with Crippen molar-refractivity contribution in [3.8, 4) is 23.1 Å². The quantitative estimate of drug-likeness (QED) is 0.263. The van der Waals surface area contributed by atoms with E-state index in [0.717, 1.165) is 48.1 Å². The predicted octanol–water partition coefficient (Wildman–Crippen LogP) is 3.23. The number of nitrogens with zero attached hydrogens (tertiary/aromatic N) is 13. The number of hydrogen-bond acceptors (Lipinski definition) is 12. The predicted molar refractivity (Wildman–Crippen MR) is 168 cm³/mol. The minimum absolute atomic E-state index is 0.442. The van der Waals surface area contributed by atoms with E-state index in [1.54, 1.807) is 6.07 Å². The van der Waals surface area contributed by atoms with Crippen molar-refractivity contribution in [2.24, 2.45) is 11.5 Å². The van der Waals surface area contributed by atoms with Crippen LogP contribution in [0.2, 0.25) is 0 Å². The molecular formula is C27H27Br2N15. The highest BCUT2D eigenvalue weighted by Gasteiger charge is 2.12. The maximum atomic E-state index is 9.01. The lowest BCUT2D eigenvalue weighted by Gasteiger charge is -2.10. The molecule has 6 aromatic rings. The van der Waals surface area contributed by atoms with Gasteiger partial charge in [0.1, 0.15) is 11.8 Å². The van der Waals surface area contributed by atoms with Gasteiger partial charge in [-0.3, -0.25) is 0 Å². The van der Waals surface area contributed by atoms with Crippen LogP contribution in [0.3, 0.4) is 0 Å². The first-order chi connectivity index (χ1) is 21.3. The Bertz CT molecular complexity index is 1850. The van der Waals surface area contributed by atoms with Crippen molar-refractivity contribution in [3.63, 3.8) is 0 Å². The molecule has 0 atom stereocenters. The van der Waals surface area contributed by atoms with Gasteiger partial charge in [0.25, 0.3) is 0 Å². The number of para-hydroxylation sites is 1.